The molecule has 41 heavy (non-hydrogen) atoms. The normalized spacial score (nSPS) is 16.6. The van der Waals surface area contributed by atoms with Gasteiger partial charge in [-0.3, -0.25) is 9.63 Å². The first-order valence-corrected chi connectivity index (χ1v) is 13.7. The Labute approximate surface area is 241 Å². The van der Waals surface area contributed by atoms with Crippen molar-refractivity contribution in [1.82, 2.24) is 10.4 Å². The van der Waals surface area contributed by atoms with Gasteiger partial charge in [0.15, 0.2) is 0 Å². The quantitative estimate of drug-likeness (QED) is 0.342. The molecule has 9 heteroatoms. The van der Waals surface area contributed by atoms with Crippen LogP contribution < -0.4 is 15.0 Å². The molecule has 3 aromatic carbocycles. The lowest BCUT2D eigenvalue weighted by molar-refractivity contribution is -0.142. The van der Waals surface area contributed by atoms with E-state index in [2.05, 4.69) is 5.32 Å². The summed E-state index contributed by atoms with van der Waals surface area (Å²) in [6.07, 6.45) is -0.137. The zero-order chi connectivity index (χ0) is 29.5. The Balaban J connectivity index is 1.64. The van der Waals surface area contributed by atoms with E-state index in [9.17, 15) is 14.7 Å². The number of aliphatic hydroxyl groups excluding tert-OH is 1. The Kier molecular flexibility index (Phi) is 9.99. The van der Waals surface area contributed by atoms with Crippen LogP contribution in [0.3, 0.4) is 0 Å². The number of anilines is 1. The van der Waals surface area contributed by atoms with Crippen molar-refractivity contribution in [3.8, 4) is 16.9 Å². The molecule has 3 atom stereocenters. The summed E-state index contributed by atoms with van der Waals surface area (Å²) in [4.78, 5) is 33.9. The number of amides is 1. The van der Waals surface area contributed by atoms with Crippen LogP contribution in [0.5, 0.6) is 5.75 Å². The van der Waals surface area contributed by atoms with Crippen molar-refractivity contribution < 1.29 is 29.0 Å². The number of esters is 1. The molecule has 0 saturated carbocycles. The standard InChI is InChI=1S/C32H39N3O6/c1-21(36)26-19-35(41-20-26)18-23-12-9-13-28(30(23)39-4)24-15-25(17-27(16-24)34(2)3)31(37)33-29(32(38)40-5)14-22-10-7-6-8-11-22/h6-13,15-17,21,26,29,36H,14,18-20H2,1-5H3,(H,33,37)/t21-,26-,29-/m0/s1. The number of rotatable bonds is 11. The van der Waals surface area contributed by atoms with Gasteiger partial charge in [-0.1, -0.05) is 48.5 Å². The van der Waals surface area contributed by atoms with E-state index in [0.29, 0.717) is 37.4 Å². The van der Waals surface area contributed by atoms with Gasteiger partial charge in [0.25, 0.3) is 5.91 Å². The highest BCUT2D eigenvalue weighted by Gasteiger charge is 2.28. The fourth-order valence-electron chi connectivity index (χ4n) is 4.92. The lowest BCUT2D eigenvalue weighted by Crippen LogP contribution is -2.43. The number of ether oxygens (including phenoxy) is 2. The van der Waals surface area contributed by atoms with Gasteiger partial charge in [0.05, 0.1) is 33.5 Å². The van der Waals surface area contributed by atoms with Crippen LogP contribution in [0.15, 0.2) is 66.7 Å². The maximum Gasteiger partial charge on any atom is 0.328 e. The Morgan fingerprint density at radius 2 is 1.85 bits per heavy atom. The molecule has 4 rings (SSSR count). The molecule has 0 unspecified atom stereocenters. The van der Waals surface area contributed by atoms with E-state index in [1.165, 1.54) is 7.11 Å². The number of hydroxylamine groups is 2. The molecule has 9 nitrogen and oxygen atoms in total. The van der Waals surface area contributed by atoms with Gasteiger partial charge < -0.3 is 24.8 Å². The number of aliphatic hydroxyl groups is 1. The summed E-state index contributed by atoms with van der Waals surface area (Å²) >= 11 is 0. The van der Waals surface area contributed by atoms with Crippen LogP contribution in [-0.4, -0.2) is 75.7 Å². The number of carbonyl (C=O) groups excluding carboxylic acids is 2. The molecule has 0 radical (unpaired) electrons. The van der Waals surface area contributed by atoms with Gasteiger partial charge in [0.1, 0.15) is 11.8 Å². The maximum absolute atomic E-state index is 13.5. The zero-order valence-corrected chi connectivity index (χ0v) is 24.3. The molecule has 1 saturated heterocycles. The lowest BCUT2D eigenvalue weighted by Gasteiger charge is -2.21. The van der Waals surface area contributed by atoms with Gasteiger partial charge in [-0.25, -0.2) is 4.79 Å². The number of nitrogens with zero attached hydrogens (tertiary/aromatic N) is 2. The van der Waals surface area contributed by atoms with Gasteiger partial charge in [0, 0.05) is 55.4 Å². The minimum absolute atomic E-state index is 0.0535. The van der Waals surface area contributed by atoms with E-state index in [1.807, 2.05) is 78.7 Å². The Hall–Kier alpha value is -3.92. The van der Waals surface area contributed by atoms with Crippen molar-refractivity contribution >= 4 is 17.6 Å². The van der Waals surface area contributed by atoms with Crippen LogP contribution in [0, 0.1) is 5.92 Å². The van der Waals surface area contributed by atoms with E-state index >= 15 is 0 Å². The second-order valence-electron chi connectivity index (χ2n) is 10.5. The average molecular weight is 562 g/mol. The Morgan fingerprint density at radius 3 is 2.49 bits per heavy atom. The number of hydrogen-bond acceptors (Lipinski definition) is 8. The smallest absolute Gasteiger partial charge is 0.328 e. The maximum atomic E-state index is 13.5. The van der Waals surface area contributed by atoms with Crippen LogP contribution in [0.25, 0.3) is 11.1 Å². The van der Waals surface area contributed by atoms with E-state index in [0.717, 1.165) is 27.9 Å². The van der Waals surface area contributed by atoms with Crippen molar-refractivity contribution in [1.29, 1.82) is 0 Å². The molecule has 0 bridgehead atoms. The van der Waals surface area contributed by atoms with Crippen LogP contribution in [-0.2, 0) is 27.3 Å². The third-order valence-corrected chi connectivity index (χ3v) is 7.32. The molecule has 3 aromatic rings. The van der Waals surface area contributed by atoms with E-state index in [-0.39, 0.29) is 11.8 Å². The number of para-hydroxylation sites is 1. The first-order valence-electron chi connectivity index (χ1n) is 13.7. The Bertz CT molecular complexity index is 1340. The molecule has 1 fully saturated rings. The number of nitrogens with one attached hydrogen (secondary N) is 1. The molecular weight excluding hydrogens is 522 g/mol. The summed E-state index contributed by atoms with van der Waals surface area (Å²) in [5.41, 5.74) is 4.67. The second-order valence-corrected chi connectivity index (χ2v) is 10.5. The SMILES string of the molecule is COC(=O)[C@H](Cc1ccccc1)NC(=O)c1cc(-c2cccc(CN3C[C@H]([C@H](C)O)CO3)c2OC)cc(N(C)C)c1. The highest BCUT2D eigenvalue weighted by molar-refractivity contribution is 5.99. The van der Waals surface area contributed by atoms with Crippen LogP contribution in [0.4, 0.5) is 5.69 Å². The van der Waals surface area contributed by atoms with Gasteiger partial charge in [0.2, 0.25) is 0 Å². The van der Waals surface area contributed by atoms with Gasteiger partial charge >= 0.3 is 5.97 Å². The van der Waals surface area contributed by atoms with Gasteiger partial charge in [-0.05, 0) is 36.2 Å². The van der Waals surface area contributed by atoms with Crippen molar-refractivity contribution in [3.63, 3.8) is 0 Å². The van der Waals surface area contributed by atoms with Crippen LogP contribution in [0.1, 0.15) is 28.4 Å². The second kappa shape index (κ2) is 13.6. The zero-order valence-electron chi connectivity index (χ0n) is 24.3. The van der Waals surface area contributed by atoms with Crippen molar-refractivity contribution in [2.24, 2.45) is 5.92 Å². The summed E-state index contributed by atoms with van der Waals surface area (Å²) < 4.78 is 10.9. The molecule has 0 aromatic heterocycles. The molecule has 0 spiro atoms. The summed E-state index contributed by atoms with van der Waals surface area (Å²) in [7, 11) is 6.75. The average Bonchev–Trinajstić information content (AvgIpc) is 3.45. The summed E-state index contributed by atoms with van der Waals surface area (Å²) in [5.74, 6) is -0.165. The predicted molar refractivity (Wildman–Crippen MR) is 158 cm³/mol. The molecule has 0 aliphatic carbocycles. The molecule has 2 N–H and O–H groups in total. The lowest BCUT2D eigenvalue weighted by atomic mass is 9.97. The van der Waals surface area contributed by atoms with E-state index in [4.69, 9.17) is 14.3 Å². The number of hydrogen-bond donors (Lipinski definition) is 2. The van der Waals surface area contributed by atoms with Gasteiger partial charge in [-0.2, -0.15) is 5.06 Å². The molecule has 1 amide bonds. The number of carbonyl (C=O) groups is 2. The van der Waals surface area contributed by atoms with Gasteiger partial charge in [-0.15, -0.1) is 0 Å². The van der Waals surface area contributed by atoms with E-state index < -0.39 is 18.1 Å². The largest absolute Gasteiger partial charge is 0.496 e. The molecule has 1 heterocycles. The highest BCUT2D eigenvalue weighted by Crippen LogP contribution is 2.36. The highest BCUT2D eigenvalue weighted by atomic mass is 16.7. The minimum Gasteiger partial charge on any atom is -0.496 e. The van der Waals surface area contributed by atoms with Crippen molar-refractivity contribution in [2.75, 3.05) is 46.4 Å². The number of benzene rings is 3. The fraction of sp³-hybridized carbons (Fsp3) is 0.375. The third-order valence-electron chi connectivity index (χ3n) is 7.32. The molecule has 1 aliphatic heterocycles. The molecular formula is C32H39N3O6. The summed E-state index contributed by atoms with van der Waals surface area (Å²) in [6, 6.07) is 20.1. The van der Waals surface area contributed by atoms with E-state index in [1.54, 1.807) is 26.2 Å². The molecule has 1 aliphatic rings. The van der Waals surface area contributed by atoms with Crippen LogP contribution >= 0.6 is 0 Å². The summed E-state index contributed by atoms with van der Waals surface area (Å²) in [6.45, 7) is 3.36. The first kappa shape index (κ1) is 30.0. The molecule has 218 valence electrons. The van der Waals surface area contributed by atoms with Crippen molar-refractivity contribution in [3.05, 3.63) is 83.4 Å². The Morgan fingerprint density at radius 1 is 1.10 bits per heavy atom. The number of methoxy groups -OCH3 is 2. The minimum atomic E-state index is -0.842. The monoisotopic (exact) mass is 561 g/mol. The predicted octanol–water partition coefficient (Wildman–Crippen LogP) is 3.69. The first-order chi connectivity index (χ1) is 19.7. The van der Waals surface area contributed by atoms with Crippen LogP contribution in [0.2, 0.25) is 0 Å². The third kappa shape index (κ3) is 7.43. The fourth-order valence-corrected chi connectivity index (χ4v) is 4.92. The van der Waals surface area contributed by atoms with Crippen molar-refractivity contribution in [2.45, 2.75) is 32.0 Å². The topological polar surface area (TPSA) is 101 Å². The summed E-state index contributed by atoms with van der Waals surface area (Å²) in [5, 5.41) is 14.7.